The Kier molecular flexibility index (Phi) is 3.00. The Hall–Kier alpha value is -1.59. The van der Waals surface area contributed by atoms with E-state index >= 15 is 0 Å². The highest BCUT2D eigenvalue weighted by Gasteiger charge is 2.57. The molecule has 2 aliphatic rings. The van der Waals surface area contributed by atoms with Gasteiger partial charge in [-0.3, -0.25) is 4.79 Å². The number of rotatable bonds is 3. The predicted octanol–water partition coefficient (Wildman–Crippen LogP) is 1.80. The Morgan fingerprint density at radius 3 is 2.91 bits per heavy atom. The molecule has 2 unspecified atom stereocenters. The highest BCUT2D eigenvalue weighted by molar-refractivity contribution is 6.33. The zero-order valence-corrected chi connectivity index (χ0v) is 13.4. The van der Waals surface area contributed by atoms with Crippen molar-refractivity contribution in [3.63, 3.8) is 0 Å². The Balaban J connectivity index is 1.59. The SMILES string of the molecule is CC(C)(NC(=O)C1C2CNCC21)c1ncc2c(Cl)cccn12. The average molecular weight is 319 g/mol. The Morgan fingerprint density at radius 1 is 1.45 bits per heavy atom. The average Bonchev–Trinajstić information content (AvgIpc) is 2.85. The van der Waals surface area contributed by atoms with Crippen molar-refractivity contribution >= 4 is 23.0 Å². The first-order valence-electron chi connectivity index (χ1n) is 7.64. The van der Waals surface area contributed by atoms with E-state index in [2.05, 4.69) is 15.6 Å². The molecule has 1 amide bonds. The van der Waals surface area contributed by atoms with Gasteiger partial charge in [0.25, 0.3) is 0 Å². The van der Waals surface area contributed by atoms with Crippen LogP contribution in [0.2, 0.25) is 5.02 Å². The van der Waals surface area contributed by atoms with Crippen molar-refractivity contribution in [3.8, 4) is 0 Å². The monoisotopic (exact) mass is 318 g/mol. The van der Waals surface area contributed by atoms with Crippen molar-refractivity contribution in [3.05, 3.63) is 35.4 Å². The zero-order valence-electron chi connectivity index (χ0n) is 12.6. The number of hydrogen-bond donors (Lipinski definition) is 2. The molecule has 2 fully saturated rings. The molecule has 2 aromatic rings. The van der Waals surface area contributed by atoms with Gasteiger partial charge < -0.3 is 15.0 Å². The summed E-state index contributed by atoms with van der Waals surface area (Å²) < 4.78 is 1.94. The number of hydrogen-bond acceptors (Lipinski definition) is 3. The van der Waals surface area contributed by atoms with E-state index in [0.717, 1.165) is 24.4 Å². The first-order valence-corrected chi connectivity index (χ1v) is 8.01. The number of fused-ring (bicyclic) bond motifs is 2. The number of halogens is 1. The van der Waals surface area contributed by atoms with Crippen LogP contribution in [-0.2, 0) is 10.3 Å². The first-order chi connectivity index (χ1) is 10.5. The predicted molar refractivity (Wildman–Crippen MR) is 84.7 cm³/mol. The molecule has 0 bridgehead atoms. The summed E-state index contributed by atoms with van der Waals surface area (Å²) >= 11 is 6.20. The van der Waals surface area contributed by atoms with Gasteiger partial charge in [-0.25, -0.2) is 4.98 Å². The largest absolute Gasteiger partial charge is 0.344 e. The van der Waals surface area contributed by atoms with Crippen LogP contribution in [0.4, 0.5) is 0 Å². The van der Waals surface area contributed by atoms with Crippen molar-refractivity contribution in [2.45, 2.75) is 19.4 Å². The number of piperidine rings is 1. The van der Waals surface area contributed by atoms with Crippen LogP contribution in [-0.4, -0.2) is 28.4 Å². The fourth-order valence-corrected chi connectivity index (χ4v) is 3.92. The first kappa shape index (κ1) is 14.0. The molecule has 1 saturated heterocycles. The van der Waals surface area contributed by atoms with Crippen LogP contribution in [0, 0.1) is 17.8 Å². The second kappa shape index (κ2) is 4.70. The molecule has 2 aromatic heterocycles. The number of carbonyl (C=O) groups is 1. The minimum absolute atomic E-state index is 0.139. The number of carbonyl (C=O) groups excluding carboxylic acids is 1. The van der Waals surface area contributed by atoms with Gasteiger partial charge in [0.2, 0.25) is 5.91 Å². The third kappa shape index (κ3) is 2.03. The fraction of sp³-hybridized carbons (Fsp3) is 0.500. The molecule has 5 nitrogen and oxygen atoms in total. The van der Waals surface area contributed by atoms with Crippen LogP contribution < -0.4 is 10.6 Å². The maximum Gasteiger partial charge on any atom is 0.224 e. The molecule has 116 valence electrons. The maximum atomic E-state index is 12.5. The van der Waals surface area contributed by atoms with E-state index in [1.807, 2.05) is 36.6 Å². The summed E-state index contributed by atoms with van der Waals surface area (Å²) in [7, 11) is 0. The lowest BCUT2D eigenvalue weighted by atomic mass is 10.0. The van der Waals surface area contributed by atoms with E-state index in [1.54, 1.807) is 6.20 Å². The van der Waals surface area contributed by atoms with Gasteiger partial charge in [-0.15, -0.1) is 0 Å². The summed E-state index contributed by atoms with van der Waals surface area (Å²) in [4.78, 5) is 17.0. The van der Waals surface area contributed by atoms with Gasteiger partial charge in [0.1, 0.15) is 5.82 Å². The van der Waals surface area contributed by atoms with Crippen molar-refractivity contribution < 1.29 is 4.79 Å². The van der Waals surface area contributed by atoms with E-state index in [-0.39, 0.29) is 11.8 Å². The molecule has 4 rings (SSSR count). The van der Waals surface area contributed by atoms with Crippen LogP contribution in [0.5, 0.6) is 0 Å². The van der Waals surface area contributed by atoms with Crippen molar-refractivity contribution in [2.75, 3.05) is 13.1 Å². The van der Waals surface area contributed by atoms with E-state index in [9.17, 15) is 4.79 Å². The quantitative estimate of drug-likeness (QED) is 0.907. The van der Waals surface area contributed by atoms with Gasteiger partial charge in [0, 0.05) is 12.1 Å². The number of amides is 1. The molecular weight excluding hydrogens is 300 g/mol. The summed E-state index contributed by atoms with van der Waals surface area (Å²) in [6, 6.07) is 3.72. The minimum atomic E-state index is -0.543. The topological polar surface area (TPSA) is 58.4 Å². The highest BCUT2D eigenvalue weighted by atomic mass is 35.5. The third-order valence-corrected chi connectivity index (χ3v) is 5.23. The van der Waals surface area contributed by atoms with Crippen molar-refractivity contribution in [1.82, 2.24) is 20.0 Å². The van der Waals surface area contributed by atoms with Gasteiger partial charge in [-0.1, -0.05) is 11.6 Å². The normalized spacial score (nSPS) is 27.0. The number of pyridine rings is 1. The third-order valence-electron chi connectivity index (χ3n) is 4.91. The van der Waals surface area contributed by atoms with Crippen molar-refractivity contribution in [1.29, 1.82) is 0 Å². The van der Waals surface area contributed by atoms with Crippen LogP contribution >= 0.6 is 11.6 Å². The summed E-state index contributed by atoms with van der Waals surface area (Å²) in [5.41, 5.74) is 0.312. The minimum Gasteiger partial charge on any atom is -0.344 e. The van der Waals surface area contributed by atoms with Crippen LogP contribution in [0.15, 0.2) is 24.5 Å². The van der Waals surface area contributed by atoms with Crippen molar-refractivity contribution in [2.24, 2.45) is 17.8 Å². The van der Waals surface area contributed by atoms with Gasteiger partial charge in [-0.2, -0.15) is 0 Å². The second-order valence-electron chi connectivity index (χ2n) is 6.82. The highest BCUT2D eigenvalue weighted by Crippen LogP contribution is 2.49. The molecule has 6 heteroatoms. The lowest BCUT2D eigenvalue weighted by Crippen LogP contribution is -2.44. The van der Waals surface area contributed by atoms with Crippen LogP contribution in [0.3, 0.4) is 0 Å². The van der Waals surface area contributed by atoms with Crippen LogP contribution in [0.1, 0.15) is 19.7 Å². The molecule has 0 radical (unpaired) electrons. The van der Waals surface area contributed by atoms with Gasteiger partial charge in [0.05, 0.1) is 22.3 Å². The molecular formula is C16H19ClN4O. The summed E-state index contributed by atoms with van der Waals surface area (Å²) in [5.74, 6) is 2.13. The molecule has 3 heterocycles. The van der Waals surface area contributed by atoms with Gasteiger partial charge >= 0.3 is 0 Å². The van der Waals surface area contributed by atoms with Gasteiger partial charge in [0.15, 0.2) is 0 Å². The number of nitrogens with zero attached hydrogens (tertiary/aromatic N) is 2. The zero-order chi connectivity index (χ0) is 15.5. The Labute approximate surface area is 134 Å². The van der Waals surface area contributed by atoms with E-state index < -0.39 is 5.54 Å². The molecule has 1 aliphatic heterocycles. The summed E-state index contributed by atoms with van der Waals surface area (Å²) in [6.07, 6.45) is 3.68. The number of aromatic nitrogens is 2. The summed E-state index contributed by atoms with van der Waals surface area (Å²) in [5, 5.41) is 7.14. The fourth-order valence-electron chi connectivity index (χ4n) is 3.70. The molecule has 2 atom stereocenters. The van der Waals surface area contributed by atoms with Crippen LogP contribution in [0.25, 0.3) is 5.52 Å². The molecule has 22 heavy (non-hydrogen) atoms. The lowest BCUT2D eigenvalue weighted by molar-refractivity contribution is -0.124. The number of nitrogens with one attached hydrogen (secondary N) is 2. The van der Waals surface area contributed by atoms with Gasteiger partial charge in [-0.05, 0) is 50.9 Å². The Morgan fingerprint density at radius 2 is 2.18 bits per heavy atom. The lowest BCUT2D eigenvalue weighted by Gasteiger charge is -2.25. The second-order valence-corrected chi connectivity index (χ2v) is 7.23. The molecule has 1 saturated carbocycles. The van der Waals surface area contributed by atoms with E-state index in [0.29, 0.717) is 16.9 Å². The maximum absolute atomic E-state index is 12.5. The number of imidazole rings is 1. The Bertz CT molecular complexity index is 744. The summed E-state index contributed by atoms with van der Waals surface area (Å²) in [6.45, 7) is 5.89. The molecule has 2 N–H and O–H groups in total. The molecule has 1 aliphatic carbocycles. The van der Waals surface area contributed by atoms with E-state index in [1.165, 1.54) is 0 Å². The molecule has 0 spiro atoms. The van der Waals surface area contributed by atoms with E-state index in [4.69, 9.17) is 11.6 Å². The smallest absolute Gasteiger partial charge is 0.224 e. The molecule has 0 aromatic carbocycles. The standard InChI is InChI=1S/C16H19ClN4O/c1-16(2,20-14(22)13-9-6-18-7-10(9)13)15-19-8-12-11(17)4-3-5-21(12)15/h3-5,8-10,13,18H,6-7H2,1-2H3,(H,20,22).